The first-order chi connectivity index (χ1) is 12.8. The van der Waals surface area contributed by atoms with Crippen molar-refractivity contribution >= 4 is 40.5 Å². The van der Waals surface area contributed by atoms with Gasteiger partial charge in [0.15, 0.2) is 0 Å². The molecule has 5 nitrogen and oxygen atoms in total. The number of aryl methyl sites for hydroxylation is 2. The molecule has 0 saturated carbocycles. The van der Waals surface area contributed by atoms with Gasteiger partial charge in [-0.25, -0.2) is 0 Å². The summed E-state index contributed by atoms with van der Waals surface area (Å²) in [5.74, 6) is -0.0301. The monoisotopic (exact) mass is 385 g/mol. The van der Waals surface area contributed by atoms with Gasteiger partial charge in [0.05, 0.1) is 10.7 Å². The van der Waals surface area contributed by atoms with Crippen molar-refractivity contribution in [2.24, 2.45) is 0 Å². The summed E-state index contributed by atoms with van der Waals surface area (Å²) >= 11 is 6.37. The van der Waals surface area contributed by atoms with Gasteiger partial charge in [-0.1, -0.05) is 23.7 Å². The Morgan fingerprint density at radius 2 is 1.96 bits per heavy atom. The van der Waals surface area contributed by atoms with E-state index in [4.69, 9.17) is 11.6 Å². The van der Waals surface area contributed by atoms with Gasteiger partial charge in [0.1, 0.15) is 6.04 Å². The SMILES string of the molecule is Cc1ccc(C)c(NC(=O)[C@@H](C)Nc2ccc(N3CCCC3=O)c(Cl)c2)c1. The predicted octanol–water partition coefficient (Wildman–Crippen LogP) is 4.52. The fourth-order valence-electron chi connectivity index (χ4n) is 3.15. The van der Waals surface area contributed by atoms with Crippen molar-refractivity contribution in [3.63, 3.8) is 0 Å². The number of amides is 2. The average molecular weight is 386 g/mol. The van der Waals surface area contributed by atoms with E-state index in [9.17, 15) is 9.59 Å². The Labute approximate surface area is 164 Å². The van der Waals surface area contributed by atoms with Crippen LogP contribution in [-0.4, -0.2) is 24.4 Å². The number of hydrogen-bond donors (Lipinski definition) is 2. The van der Waals surface area contributed by atoms with E-state index >= 15 is 0 Å². The fraction of sp³-hybridized carbons (Fsp3) is 0.333. The summed E-state index contributed by atoms with van der Waals surface area (Å²) in [6, 6.07) is 10.9. The summed E-state index contributed by atoms with van der Waals surface area (Å²) in [4.78, 5) is 26.1. The Bertz CT molecular complexity index is 882. The molecular weight excluding hydrogens is 362 g/mol. The van der Waals surface area contributed by atoms with Crippen LogP contribution in [-0.2, 0) is 9.59 Å². The number of carbonyl (C=O) groups is 2. The van der Waals surface area contributed by atoms with E-state index in [2.05, 4.69) is 10.6 Å². The van der Waals surface area contributed by atoms with E-state index < -0.39 is 6.04 Å². The van der Waals surface area contributed by atoms with Gasteiger partial charge >= 0.3 is 0 Å². The standard InChI is InChI=1S/C21H24ClN3O2/c1-13-6-7-14(2)18(11-13)24-21(27)15(3)23-16-8-9-19(17(22)12-16)25-10-4-5-20(25)26/h6-9,11-12,15,23H,4-5,10H2,1-3H3,(H,24,27)/t15-/m1/s1. The quantitative estimate of drug-likeness (QED) is 0.795. The topological polar surface area (TPSA) is 61.4 Å². The Kier molecular flexibility index (Phi) is 5.71. The molecule has 1 saturated heterocycles. The Balaban J connectivity index is 1.67. The zero-order valence-electron chi connectivity index (χ0n) is 15.8. The zero-order valence-corrected chi connectivity index (χ0v) is 16.6. The van der Waals surface area contributed by atoms with Crippen LogP contribution in [0.2, 0.25) is 5.02 Å². The lowest BCUT2D eigenvalue weighted by Gasteiger charge is -2.20. The predicted molar refractivity (Wildman–Crippen MR) is 111 cm³/mol. The summed E-state index contributed by atoms with van der Waals surface area (Å²) in [5, 5.41) is 6.62. The molecule has 0 aromatic heterocycles. The molecule has 0 radical (unpaired) electrons. The van der Waals surface area contributed by atoms with Crippen LogP contribution in [0.3, 0.4) is 0 Å². The first kappa shape index (κ1) is 19.2. The van der Waals surface area contributed by atoms with E-state index in [1.165, 1.54) is 0 Å². The molecule has 3 rings (SSSR count). The average Bonchev–Trinajstić information content (AvgIpc) is 3.04. The van der Waals surface area contributed by atoms with Gasteiger partial charge in [-0.3, -0.25) is 9.59 Å². The molecule has 2 aromatic rings. The van der Waals surface area contributed by atoms with Crippen LogP contribution < -0.4 is 15.5 Å². The third-order valence-corrected chi connectivity index (χ3v) is 5.04. The summed E-state index contributed by atoms with van der Waals surface area (Å²) < 4.78 is 0. The highest BCUT2D eigenvalue weighted by Crippen LogP contribution is 2.32. The second-order valence-corrected chi connectivity index (χ2v) is 7.40. The lowest BCUT2D eigenvalue weighted by molar-refractivity contribution is -0.117. The molecule has 2 amide bonds. The molecule has 1 heterocycles. The van der Waals surface area contributed by atoms with Gasteiger partial charge in [-0.15, -0.1) is 0 Å². The number of carbonyl (C=O) groups excluding carboxylic acids is 2. The Hall–Kier alpha value is -2.53. The summed E-state index contributed by atoms with van der Waals surface area (Å²) in [5.41, 5.74) is 4.38. The van der Waals surface area contributed by atoms with Gasteiger partial charge < -0.3 is 15.5 Å². The van der Waals surface area contributed by atoms with Crippen LogP contribution in [0.15, 0.2) is 36.4 Å². The van der Waals surface area contributed by atoms with Crippen molar-refractivity contribution in [1.29, 1.82) is 0 Å². The van der Waals surface area contributed by atoms with E-state index in [-0.39, 0.29) is 11.8 Å². The number of halogens is 1. The molecule has 1 atom stereocenters. The molecule has 6 heteroatoms. The zero-order chi connectivity index (χ0) is 19.6. The molecule has 0 spiro atoms. The molecule has 0 aliphatic carbocycles. The number of benzene rings is 2. The fourth-order valence-corrected chi connectivity index (χ4v) is 3.43. The lowest BCUT2D eigenvalue weighted by Crippen LogP contribution is -2.32. The highest BCUT2D eigenvalue weighted by molar-refractivity contribution is 6.34. The van der Waals surface area contributed by atoms with Crippen LogP contribution in [0, 0.1) is 13.8 Å². The number of anilines is 3. The van der Waals surface area contributed by atoms with Crippen LogP contribution in [0.4, 0.5) is 17.1 Å². The molecule has 1 aliphatic rings. The van der Waals surface area contributed by atoms with Crippen molar-refractivity contribution in [1.82, 2.24) is 0 Å². The molecule has 27 heavy (non-hydrogen) atoms. The van der Waals surface area contributed by atoms with E-state index in [1.807, 2.05) is 44.2 Å². The maximum absolute atomic E-state index is 12.5. The van der Waals surface area contributed by atoms with Gasteiger partial charge in [0.2, 0.25) is 11.8 Å². The molecule has 2 N–H and O–H groups in total. The molecular formula is C21H24ClN3O2. The third-order valence-electron chi connectivity index (χ3n) is 4.74. The minimum atomic E-state index is -0.444. The Morgan fingerprint density at radius 1 is 1.19 bits per heavy atom. The first-order valence-electron chi connectivity index (χ1n) is 9.09. The van der Waals surface area contributed by atoms with Crippen molar-refractivity contribution in [2.45, 2.75) is 39.7 Å². The highest BCUT2D eigenvalue weighted by atomic mass is 35.5. The van der Waals surface area contributed by atoms with Gasteiger partial charge in [-0.05, 0) is 62.6 Å². The largest absolute Gasteiger partial charge is 0.374 e. The highest BCUT2D eigenvalue weighted by Gasteiger charge is 2.24. The number of hydrogen-bond acceptors (Lipinski definition) is 3. The second kappa shape index (κ2) is 8.01. The molecule has 0 bridgehead atoms. The van der Waals surface area contributed by atoms with E-state index in [0.29, 0.717) is 18.0 Å². The minimum absolute atomic E-state index is 0.0962. The number of rotatable bonds is 5. The van der Waals surface area contributed by atoms with Gasteiger partial charge in [0, 0.05) is 24.3 Å². The normalized spacial score (nSPS) is 15.0. The van der Waals surface area contributed by atoms with E-state index in [0.717, 1.165) is 34.6 Å². The first-order valence-corrected chi connectivity index (χ1v) is 9.47. The number of nitrogens with zero attached hydrogens (tertiary/aromatic N) is 1. The maximum atomic E-state index is 12.5. The lowest BCUT2D eigenvalue weighted by atomic mass is 10.1. The van der Waals surface area contributed by atoms with Crippen LogP contribution >= 0.6 is 11.6 Å². The molecule has 1 aliphatic heterocycles. The molecule has 0 unspecified atom stereocenters. The van der Waals surface area contributed by atoms with Crippen molar-refractivity contribution < 1.29 is 9.59 Å². The van der Waals surface area contributed by atoms with Crippen molar-refractivity contribution in [2.75, 3.05) is 22.1 Å². The molecule has 142 valence electrons. The molecule has 2 aromatic carbocycles. The third kappa shape index (κ3) is 4.42. The summed E-state index contributed by atoms with van der Waals surface area (Å²) in [6.45, 7) is 6.45. The summed E-state index contributed by atoms with van der Waals surface area (Å²) in [7, 11) is 0. The minimum Gasteiger partial charge on any atom is -0.374 e. The van der Waals surface area contributed by atoms with E-state index in [1.54, 1.807) is 17.9 Å². The Morgan fingerprint density at radius 3 is 2.63 bits per heavy atom. The van der Waals surface area contributed by atoms with Gasteiger partial charge in [-0.2, -0.15) is 0 Å². The maximum Gasteiger partial charge on any atom is 0.246 e. The summed E-state index contributed by atoms with van der Waals surface area (Å²) in [6.07, 6.45) is 1.41. The van der Waals surface area contributed by atoms with Crippen molar-refractivity contribution in [3.05, 3.63) is 52.5 Å². The second-order valence-electron chi connectivity index (χ2n) is 6.99. The van der Waals surface area contributed by atoms with Crippen LogP contribution in [0.5, 0.6) is 0 Å². The smallest absolute Gasteiger partial charge is 0.246 e. The van der Waals surface area contributed by atoms with Crippen molar-refractivity contribution in [3.8, 4) is 0 Å². The molecule has 1 fully saturated rings. The van der Waals surface area contributed by atoms with Crippen LogP contribution in [0.1, 0.15) is 30.9 Å². The van der Waals surface area contributed by atoms with Gasteiger partial charge in [0.25, 0.3) is 0 Å². The van der Waals surface area contributed by atoms with Crippen LogP contribution in [0.25, 0.3) is 0 Å². The number of nitrogens with one attached hydrogen (secondary N) is 2.